The van der Waals surface area contributed by atoms with Gasteiger partial charge in [-0.25, -0.2) is 9.18 Å². The van der Waals surface area contributed by atoms with Crippen LogP contribution in [0.15, 0.2) is 54.6 Å². The van der Waals surface area contributed by atoms with Crippen molar-refractivity contribution in [2.45, 2.75) is 19.1 Å². The Labute approximate surface area is 122 Å². The Bertz CT molecular complexity index is 587. The number of rotatable bonds is 4. The number of anilines is 1. The molecule has 0 unspecified atom stereocenters. The molecule has 3 N–H and O–H groups in total. The number of amides is 2. The molecule has 0 saturated heterocycles. The summed E-state index contributed by atoms with van der Waals surface area (Å²) in [6.07, 6.45) is -0.910. The first-order valence-corrected chi connectivity index (χ1v) is 6.62. The number of nitrogens with one attached hydrogen (secondary N) is 2. The molecular weight excluding hydrogens is 271 g/mol. The van der Waals surface area contributed by atoms with Gasteiger partial charge in [0.15, 0.2) is 0 Å². The third-order valence-corrected chi connectivity index (χ3v) is 3.08. The lowest BCUT2D eigenvalue weighted by atomic mass is 10.0. The molecule has 4 nitrogen and oxygen atoms in total. The summed E-state index contributed by atoms with van der Waals surface area (Å²) >= 11 is 0. The van der Waals surface area contributed by atoms with Crippen molar-refractivity contribution in [2.24, 2.45) is 0 Å². The standard InChI is InChI=1S/C16H17FN2O2/c1-11(15(20)12-7-9-13(17)10-8-12)18-16(21)19-14-5-3-2-4-6-14/h2-11,15,20H,1H3,(H2,18,19,21)/t11-,15-/m1/s1. The average Bonchev–Trinajstić information content (AvgIpc) is 2.48. The highest BCUT2D eigenvalue weighted by Gasteiger charge is 2.18. The largest absolute Gasteiger partial charge is 0.386 e. The molecule has 0 aliphatic carbocycles. The quantitative estimate of drug-likeness (QED) is 0.809. The van der Waals surface area contributed by atoms with Gasteiger partial charge in [0.2, 0.25) is 0 Å². The zero-order valence-corrected chi connectivity index (χ0v) is 11.6. The fourth-order valence-electron chi connectivity index (χ4n) is 1.92. The first-order valence-electron chi connectivity index (χ1n) is 6.62. The van der Waals surface area contributed by atoms with Gasteiger partial charge in [0.25, 0.3) is 0 Å². The average molecular weight is 288 g/mol. The minimum Gasteiger partial charge on any atom is -0.386 e. The first-order chi connectivity index (χ1) is 10.1. The molecule has 0 spiro atoms. The van der Waals surface area contributed by atoms with Crippen molar-refractivity contribution in [1.29, 1.82) is 0 Å². The fourth-order valence-corrected chi connectivity index (χ4v) is 1.92. The molecule has 0 fully saturated rings. The molecular formula is C16H17FN2O2. The van der Waals surface area contributed by atoms with E-state index >= 15 is 0 Å². The van der Waals surface area contributed by atoms with Crippen LogP contribution in [0.3, 0.4) is 0 Å². The molecule has 0 aliphatic rings. The van der Waals surface area contributed by atoms with E-state index in [1.807, 2.05) is 18.2 Å². The summed E-state index contributed by atoms with van der Waals surface area (Å²) in [6, 6.07) is 13.6. The van der Waals surface area contributed by atoms with Gasteiger partial charge in [-0.05, 0) is 36.8 Å². The van der Waals surface area contributed by atoms with E-state index in [-0.39, 0.29) is 5.82 Å². The molecule has 2 aromatic rings. The van der Waals surface area contributed by atoms with Crippen molar-refractivity contribution in [1.82, 2.24) is 5.32 Å². The van der Waals surface area contributed by atoms with Crippen LogP contribution in [0.4, 0.5) is 14.9 Å². The Balaban J connectivity index is 1.92. The maximum atomic E-state index is 12.8. The van der Waals surface area contributed by atoms with Gasteiger partial charge >= 0.3 is 6.03 Å². The van der Waals surface area contributed by atoms with Crippen molar-refractivity contribution >= 4 is 11.7 Å². The number of carbonyl (C=O) groups excluding carboxylic acids is 1. The number of aliphatic hydroxyl groups is 1. The van der Waals surface area contributed by atoms with E-state index in [0.29, 0.717) is 11.3 Å². The maximum Gasteiger partial charge on any atom is 0.319 e. The Kier molecular flexibility index (Phi) is 4.90. The van der Waals surface area contributed by atoms with Gasteiger partial charge in [-0.2, -0.15) is 0 Å². The summed E-state index contributed by atoms with van der Waals surface area (Å²) in [5.74, 6) is -0.367. The van der Waals surface area contributed by atoms with E-state index < -0.39 is 18.2 Å². The van der Waals surface area contributed by atoms with Gasteiger partial charge < -0.3 is 15.7 Å². The molecule has 2 rings (SSSR count). The molecule has 2 aromatic carbocycles. The third kappa shape index (κ3) is 4.29. The van der Waals surface area contributed by atoms with Gasteiger partial charge in [0.1, 0.15) is 5.82 Å². The predicted molar refractivity (Wildman–Crippen MR) is 79.4 cm³/mol. The van der Waals surface area contributed by atoms with Crippen LogP contribution in [0.2, 0.25) is 0 Å². The van der Waals surface area contributed by atoms with E-state index in [1.165, 1.54) is 24.3 Å². The van der Waals surface area contributed by atoms with E-state index in [2.05, 4.69) is 10.6 Å². The minimum atomic E-state index is -0.910. The smallest absolute Gasteiger partial charge is 0.319 e. The Morgan fingerprint density at radius 1 is 1.10 bits per heavy atom. The Morgan fingerprint density at radius 2 is 1.71 bits per heavy atom. The van der Waals surface area contributed by atoms with Crippen LogP contribution < -0.4 is 10.6 Å². The molecule has 0 bridgehead atoms. The Morgan fingerprint density at radius 3 is 2.33 bits per heavy atom. The number of hydrogen-bond acceptors (Lipinski definition) is 2. The predicted octanol–water partition coefficient (Wildman–Crippen LogP) is 3.07. The second kappa shape index (κ2) is 6.85. The normalized spacial score (nSPS) is 13.3. The van der Waals surface area contributed by atoms with Crippen molar-refractivity contribution in [3.63, 3.8) is 0 Å². The van der Waals surface area contributed by atoms with Gasteiger partial charge in [-0.3, -0.25) is 0 Å². The van der Waals surface area contributed by atoms with Gasteiger partial charge in [0, 0.05) is 5.69 Å². The van der Waals surface area contributed by atoms with Crippen LogP contribution in [-0.2, 0) is 0 Å². The van der Waals surface area contributed by atoms with Crippen molar-refractivity contribution in [2.75, 3.05) is 5.32 Å². The lowest BCUT2D eigenvalue weighted by Gasteiger charge is -2.21. The molecule has 0 saturated carbocycles. The lowest BCUT2D eigenvalue weighted by molar-refractivity contribution is 0.139. The summed E-state index contributed by atoms with van der Waals surface area (Å²) in [7, 11) is 0. The second-order valence-electron chi connectivity index (χ2n) is 4.75. The van der Waals surface area contributed by atoms with Gasteiger partial charge in [-0.15, -0.1) is 0 Å². The van der Waals surface area contributed by atoms with Crippen molar-refractivity contribution in [3.05, 3.63) is 66.0 Å². The number of aliphatic hydroxyl groups excluding tert-OH is 1. The number of para-hydroxylation sites is 1. The molecule has 2 atom stereocenters. The minimum absolute atomic E-state index is 0.367. The van der Waals surface area contributed by atoms with E-state index in [4.69, 9.17) is 0 Å². The first kappa shape index (κ1) is 15.0. The number of halogens is 1. The molecule has 0 aliphatic heterocycles. The van der Waals surface area contributed by atoms with E-state index in [0.717, 1.165) is 0 Å². The number of urea groups is 1. The summed E-state index contributed by atoms with van der Waals surface area (Å²) in [6.45, 7) is 1.68. The van der Waals surface area contributed by atoms with Gasteiger partial charge in [0.05, 0.1) is 12.1 Å². The summed E-state index contributed by atoms with van der Waals surface area (Å²) in [5, 5.41) is 15.4. The lowest BCUT2D eigenvalue weighted by Crippen LogP contribution is -2.39. The van der Waals surface area contributed by atoms with Crippen LogP contribution in [0.1, 0.15) is 18.6 Å². The Hall–Kier alpha value is -2.40. The zero-order chi connectivity index (χ0) is 15.2. The highest BCUT2D eigenvalue weighted by atomic mass is 19.1. The maximum absolute atomic E-state index is 12.8. The van der Waals surface area contributed by atoms with Crippen molar-refractivity contribution in [3.8, 4) is 0 Å². The molecule has 2 amide bonds. The highest BCUT2D eigenvalue weighted by Crippen LogP contribution is 2.17. The van der Waals surface area contributed by atoms with Crippen LogP contribution in [0.5, 0.6) is 0 Å². The van der Waals surface area contributed by atoms with Crippen LogP contribution in [-0.4, -0.2) is 17.2 Å². The fraction of sp³-hybridized carbons (Fsp3) is 0.188. The topological polar surface area (TPSA) is 61.4 Å². The monoisotopic (exact) mass is 288 g/mol. The van der Waals surface area contributed by atoms with E-state index in [9.17, 15) is 14.3 Å². The van der Waals surface area contributed by atoms with Crippen molar-refractivity contribution < 1.29 is 14.3 Å². The molecule has 0 radical (unpaired) electrons. The number of hydrogen-bond donors (Lipinski definition) is 3. The highest BCUT2D eigenvalue weighted by molar-refractivity contribution is 5.89. The molecule has 0 heterocycles. The SMILES string of the molecule is C[C@@H](NC(=O)Nc1ccccc1)[C@@H](O)c1ccc(F)cc1. The van der Waals surface area contributed by atoms with Crippen LogP contribution in [0.25, 0.3) is 0 Å². The molecule has 110 valence electrons. The number of carbonyl (C=O) groups is 1. The zero-order valence-electron chi connectivity index (χ0n) is 11.6. The van der Waals surface area contributed by atoms with Crippen LogP contribution >= 0.6 is 0 Å². The summed E-state index contributed by atoms with van der Waals surface area (Å²) < 4.78 is 12.8. The third-order valence-electron chi connectivity index (χ3n) is 3.08. The molecule has 0 aromatic heterocycles. The van der Waals surface area contributed by atoms with Crippen LogP contribution in [0, 0.1) is 5.82 Å². The number of benzene rings is 2. The van der Waals surface area contributed by atoms with E-state index in [1.54, 1.807) is 19.1 Å². The second-order valence-corrected chi connectivity index (χ2v) is 4.75. The molecule has 21 heavy (non-hydrogen) atoms. The summed E-state index contributed by atoms with van der Waals surface area (Å²) in [4.78, 5) is 11.8. The molecule has 5 heteroatoms. The summed E-state index contributed by atoms with van der Waals surface area (Å²) in [5.41, 5.74) is 1.21. The van der Waals surface area contributed by atoms with Gasteiger partial charge in [-0.1, -0.05) is 30.3 Å².